The Hall–Kier alpha value is -0.505. The van der Waals surface area contributed by atoms with Crippen LogP contribution in [0.15, 0.2) is 0 Å². The van der Waals surface area contributed by atoms with Gasteiger partial charge in [0.05, 0.1) is 0 Å². The van der Waals surface area contributed by atoms with E-state index in [0.717, 1.165) is 32.7 Å². The van der Waals surface area contributed by atoms with Gasteiger partial charge in [-0.15, -0.1) is 0 Å². The molecule has 10 heavy (non-hydrogen) atoms. The van der Waals surface area contributed by atoms with Gasteiger partial charge >= 0.3 is 59.5 Å². The van der Waals surface area contributed by atoms with Gasteiger partial charge in [-0.2, -0.15) is 0 Å². The fourth-order valence-corrected chi connectivity index (χ4v) is 1.14. The van der Waals surface area contributed by atoms with Gasteiger partial charge in [0.15, 0.2) is 0 Å². The van der Waals surface area contributed by atoms with Gasteiger partial charge < -0.3 is 0 Å². The molecule has 4 heteroatoms. The summed E-state index contributed by atoms with van der Waals surface area (Å²) in [5.41, 5.74) is -0.346. The van der Waals surface area contributed by atoms with Crippen LogP contribution >= 0.6 is 0 Å². The Labute approximate surface area is 60.4 Å². The van der Waals surface area contributed by atoms with Crippen molar-refractivity contribution in [1.82, 2.24) is 5.32 Å². The number of hydrogen-bond acceptors (Lipinski definition) is 3. The molecule has 0 bridgehead atoms. The SMILES string of the molecule is O=BCNC1(C=O)CCC1. The van der Waals surface area contributed by atoms with Crippen LogP contribution in [0.2, 0.25) is 0 Å². The second-order valence-electron chi connectivity index (χ2n) is 2.68. The molecule has 54 valence electrons. The molecule has 0 radical (unpaired) electrons. The Kier molecular flexibility index (Phi) is 2.32. The van der Waals surface area contributed by atoms with Gasteiger partial charge in [0.2, 0.25) is 0 Å². The first-order valence-corrected chi connectivity index (χ1v) is 3.48. The molecule has 1 aliphatic carbocycles. The summed E-state index contributed by atoms with van der Waals surface area (Å²) in [5.74, 6) is 0. The molecule has 1 saturated carbocycles. The number of aldehydes is 1. The van der Waals surface area contributed by atoms with Crippen LogP contribution in [0.1, 0.15) is 19.3 Å². The van der Waals surface area contributed by atoms with Crippen molar-refractivity contribution in [3.05, 3.63) is 0 Å². The summed E-state index contributed by atoms with van der Waals surface area (Å²) in [6.07, 6.45) is 4.05. The van der Waals surface area contributed by atoms with E-state index in [1.165, 1.54) is 0 Å². The van der Waals surface area contributed by atoms with E-state index in [-0.39, 0.29) is 5.54 Å². The van der Waals surface area contributed by atoms with E-state index in [0.29, 0.717) is 6.44 Å². The predicted octanol–water partition coefficient (Wildman–Crippen LogP) is -0.295. The van der Waals surface area contributed by atoms with Crippen molar-refractivity contribution in [3.8, 4) is 0 Å². The Balaban J connectivity index is 2.33. The number of carbonyl (C=O) groups is 1. The van der Waals surface area contributed by atoms with Crippen LogP contribution in [0.4, 0.5) is 0 Å². The maximum absolute atomic E-state index is 10.4. The topological polar surface area (TPSA) is 46.2 Å². The molecule has 0 aromatic carbocycles. The molecule has 0 aliphatic heterocycles. The third-order valence-electron chi connectivity index (χ3n) is 2.01. The van der Waals surface area contributed by atoms with Crippen LogP contribution in [0.25, 0.3) is 0 Å². The molecule has 0 heterocycles. The predicted molar refractivity (Wildman–Crippen MR) is 37.1 cm³/mol. The zero-order valence-corrected chi connectivity index (χ0v) is 5.80. The first kappa shape index (κ1) is 7.60. The zero-order chi connectivity index (χ0) is 7.45. The number of nitrogens with one attached hydrogen (secondary N) is 1. The van der Waals surface area contributed by atoms with Gasteiger partial charge in [-0.05, 0) is 0 Å². The van der Waals surface area contributed by atoms with E-state index >= 15 is 0 Å². The molecule has 0 amide bonds. The quantitative estimate of drug-likeness (QED) is 0.429. The molecular formula is C6H10BNO2. The molecule has 0 atom stereocenters. The van der Waals surface area contributed by atoms with Gasteiger partial charge in [-0.1, -0.05) is 0 Å². The Morgan fingerprint density at radius 3 is 2.60 bits per heavy atom. The minimum atomic E-state index is -0.346. The van der Waals surface area contributed by atoms with Crippen molar-refractivity contribution in [2.24, 2.45) is 0 Å². The van der Waals surface area contributed by atoms with E-state index in [4.69, 9.17) is 0 Å². The maximum atomic E-state index is 10.4. The van der Waals surface area contributed by atoms with Crippen LogP contribution in [-0.4, -0.2) is 25.4 Å². The Morgan fingerprint density at radius 1 is 1.60 bits per heavy atom. The Bertz CT molecular complexity index is 145. The standard InChI is InChI=1S/C6H10BNO2/c9-4-6(2-1-3-6)8-5-7-10/h4,8H,1-3,5H2. The number of rotatable bonds is 4. The summed E-state index contributed by atoms with van der Waals surface area (Å²) >= 11 is 0. The van der Waals surface area contributed by atoms with Crippen LogP contribution in [0.5, 0.6) is 0 Å². The molecular weight excluding hydrogens is 129 g/mol. The van der Waals surface area contributed by atoms with E-state index < -0.39 is 0 Å². The normalized spacial score (nSPS) is 20.8. The third kappa shape index (κ3) is 1.32. The van der Waals surface area contributed by atoms with Crippen LogP contribution in [0, 0.1) is 0 Å². The molecule has 1 N–H and O–H groups in total. The van der Waals surface area contributed by atoms with Crippen molar-refractivity contribution in [3.63, 3.8) is 0 Å². The minimum absolute atomic E-state index is 0.290. The summed E-state index contributed by atoms with van der Waals surface area (Å²) in [5, 5.41) is 2.90. The fraction of sp³-hybridized carbons (Fsp3) is 0.833. The summed E-state index contributed by atoms with van der Waals surface area (Å²) in [6.45, 7) is 0. The average molecular weight is 139 g/mol. The molecule has 0 aromatic rings. The van der Waals surface area contributed by atoms with E-state index in [9.17, 15) is 9.50 Å². The second kappa shape index (κ2) is 3.06. The van der Waals surface area contributed by atoms with Crippen LogP contribution < -0.4 is 5.32 Å². The van der Waals surface area contributed by atoms with Crippen molar-refractivity contribution >= 4 is 13.4 Å². The first-order chi connectivity index (χ1) is 4.83. The fourth-order valence-electron chi connectivity index (χ4n) is 1.14. The van der Waals surface area contributed by atoms with Gasteiger partial charge in [0.25, 0.3) is 0 Å². The summed E-state index contributed by atoms with van der Waals surface area (Å²) in [7, 11) is 0.781. The molecule has 3 nitrogen and oxygen atoms in total. The van der Waals surface area contributed by atoms with E-state index in [1.54, 1.807) is 0 Å². The summed E-state index contributed by atoms with van der Waals surface area (Å²) in [6, 6.07) is 0. The van der Waals surface area contributed by atoms with Crippen molar-refractivity contribution in [2.45, 2.75) is 24.8 Å². The Morgan fingerprint density at radius 2 is 2.30 bits per heavy atom. The van der Waals surface area contributed by atoms with Crippen molar-refractivity contribution in [1.29, 1.82) is 0 Å². The monoisotopic (exact) mass is 139 g/mol. The molecule has 0 aromatic heterocycles. The van der Waals surface area contributed by atoms with Crippen LogP contribution in [-0.2, 0) is 9.50 Å². The molecule has 0 spiro atoms. The summed E-state index contributed by atoms with van der Waals surface area (Å²) < 4.78 is 9.93. The molecule has 1 fully saturated rings. The molecule has 1 aliphatic rings. The molecule has 0 saturated heterocycles. The van der Waals surface area contributed by atoms with Gasteiger partial charge in [0.1, 0.15) is 0 Å². The van der Waals surface area contributed by atoms with Crippen molar-refractivity contribution in [2.75, 3.05) is 6.44 Å². The van der Waals surface area contributed by atoms with Gasteiger partial charge in [-0.3, -0.25) is 0 Å². The number of hydrogen-bond donors (Lipinski definition) is 1. The van der Waals surface area contributed by atoms with Gasteiger partial charge in [0, 0.05) is 0 Å². The number of carbonyl (C=O) groups excluding carboxylic acids is 1. The zero-order valence-electron chi connectivity index (χ0n) is 5.80. The third-order valence-corrected chi connectivity index (χ3v) is 2.01. The van der Waals surface area contributed by atoms with Crippen LogP contribution in [0.3, 0.4) is 0 Å². The average Bonchev–Trinajstić information content (AvgIpc) is 1.87. The van der Waals surface area contributed by atoms with Gasteiger partial charge in [-0.25, -0.2) is 0 Å². The van der Waals surface area contributed by atoms with E-state index in [1.807, 2.05) is 0 Å². The molecule has 1 rings (SSSR count). The van der Waals surface area contributed by atoms with Crippen molar-refractivity contribution < 1.29 is 9.50 Å². The summed E-state index contributed by atoms with van der Waals surface area (Å²) in [4.78, 5) is 10.4. The first-order valence-electron chi connectivity index (χ1n) is 3.48. The molecule has 0 unspecified atom stereocenters. The van der Waals surface area contributed by atoms with E-state index in [2.05, 4.69) is 5.32 Å². The second-order valence-corrected chi connectivity index (χ2v) is 2.68.